The predicted octanol–water partition coefficient (Wildman–Crippen LogP) is 7.08. The quantitative estimate of drug-likeness (QED) is 0.344. The summed E-state index contributed by atoms with van der Waals surface area (Å²) in [6.07, 6.45) is 1.85. The van der Waals surface area contributed by atoms with Crippen LogP contribution in [0.1, 0.15) is 41.5 Å². The highest BCUT2D eigenvalue weighted by Crippen LogP contribution is 2.44. The number of urea groups is 1. The molecule has 0 radical (unpaired) electrons. The van der Waals surface area contributed by atoms with E-state index in [1.165, 1.54) is 16.7 Å². The maximum absolute atomic E-state index is 13.7. The summed E-state index contributed by atoms with van der Waals surface area (Å²) in [6.45, 7) is 1.98. The van der Waals surface area contributed by atoms with E-state index in [9.17, 15) is 4.79 Å². The van der Waals surface area contributed by atoms with E-state index in [1.54, 1.807) is 0 Å². The van der Waals surface area contributed by atoms with Gasteiger partial charge in [-0.25, -0.2) is 4.79 Å². The molecule has 0 spiro atoms. The molecule has 2 aliphatic rings. The van der Waals surface area contributed by atoms with Gasteiger partial charge < -0.3 is 5.32 Å². The Hall–Kier alpha value is -3.89. The minimum Gasteiger partial charge on any atom is -0.308 e. The summed E-state index contributed by atoms with van der Waals surface area (Å²) >= 11 is 0. The topological polar surface area (TPSA) is 35.6 Å². The van der Waals surface area contributed by atoms with Crippen molar-refractivity contribution in [3.63, 3.8) is 0 Å². The van der Waals surface area contributed by atoms with Gasteiger partial charge in [0.2, 0.25) is 0 Å². The van der Waals surface area contributed by atoms with E-state index in [-0.39, 0.29) is 12.1 Å². The van der Waals surface area contributed by atoms with Crippen molar-refractivity contribution in [2.24, 2.45) is 0 Å². The van der Waals surface area contributed by atoms with Crippen LogP contribution in [0.5, 0.6) is 0 Å². The highest BCUT2D eigenvalue weighted by molar-refractivity contribution is 6.02. The van der Waals surface area contributed by atoms with Gasteiger partial charge in [0.1, 0.15) is 0 Å². The molecule has 2 aliphatic heterocycles. The molecule has 0 unspecified atom stereocenters. The van der Waals surface area contributed by atoms with E-state index >= 15 is 0 Å². The van der Waals surface area contributed by atoms with E-state index in [0.717, 1.165) is 37.3 Å². The van der Waals surface area contributed by atoms with Gasteiger partial charge in [-0.2, -0.15) is 0 Å². The van der Waals surface area contributed by atoms with Crippen LogP contribution >= 0.6 is 0 Å². The van der Waals surface area contributed by atoms with Gasteiger partial charge in [-0.1, -0.05) is 91.0 Å². The van der Waals surface area contributed by atoms with Crippen molar-refractivity contribution in [1.82, 2.24) is 4.90 Å². The molecule has 0 aliphatic carbocycles. The van der Waals surface area contributed by atoms with Crippen LogP contribution in [-0.2, 0) is 0 Å². The summed E-state index contributed by atoms with van der Waals surface area (Å²) in [5.41, 5.74) is 5.95. The molecule has 1 N–H and O–H groups in total. The zero-order valence-corrected chi connectivity index (χ0v) is 20.3. The maximum atomic E-state index is 13.7. The molecule has 0 bridgehead atoms. The van der Waals surface area contributed by atoms with Crippen LogP contribution < -0.4 is 10.2 Å². The van der Waals surface area contributed by atoms with E-state index in [0.29, 0.717) is 12.0 Å². The third-order valence-electron chi connectivity index (χ3n) is 7.68. The molecular weight excluding hydrogens is 442 g/mol. The molecule has 3 atom stereocenters. The Kier molecular flexibility index (Phi) is 6.27. The number of benzene rings is 4. The lowest BCUT2D eigenvalue weighted by atomic mass is 9.77. The molecule has 1 saturated heterocycles. The largest absolute Gasteiger partial charge is 0.326 e. The number of rotatable bonds is 4. The summed E-state index contributed by atoms with van der Waals surface area (Å²) in [5, 5.41) is 3.13. The predicted molar refractivity (Wildman–Crippen MR) is 146 cm³/mol. The number of hydrogen-bond donors (Lipinski definition) is 1. The summed E-state index contributed by atoms with van der Waals surface area (Å²) in [5.74, 6) is 0.377. The Morgan fingerprint density at radius 2 is 1.36 bits per heavy atom. The van der Waals surface area contributed by atoms with Crippen LogP contribution in [0.25, 0.3) is 0 Å². The Balaban J connectivity index is 1.32. The first-order chi connectivity index (χ1) is 17.8. The van der Waals surface area contributed by atoms with Gasteiger partial charge in [0.25, 0.3) is 0 Å². The van der Waals surface area contributed by atoms with Gasteiger partial charge >= 0.3 is 6.03 Å². The fourth-order valence-corrected chi connectivity index (χ4v) is 5.99. The van der Waals surface area contributed by atoms with Gasteiger partial charge in [0.15, 0.2) is 0 Å². The highest BCUT2D eigenvalue weighted by atomic mass is 16.2. The number of carbonyl (C=O) groups is 1. The molecule has 0 aromatic heterocycles. The Morgan fingerprint density at radius 1 is 0.750 bits per heavy atom. The van der Waals surface area contributed by atoms with Gasteiger partial charge in [-0.05, 0) is 53.8 Å². The zero-order valence-electron chi connectivity index (χ0n) is 20.3. The lowest BCUT2D eigenvalue weighted by molar-refractivity contribution is 0.117. The molecule has 1 fully saturated rings. The lowest BCUT2D eigenvalue weighted by Gasteiger charge is -2.48. The number of hydrogen-bond acceptors (Lipinski definition) is 2. The fraction of sp³-hybridized carbons (Fsp3) is 0.219. The number of fused-ring (bicyclic) bond motifs is 3. The first-order valence-electron chi connectivity index (χ1n) is 12.9. The molecule has 180 valence electrons. The third kappa shape index (κ3) is 4.40. The average Bonchev–Trinajstić information content (AvgIpc) is 2.94. The van der Waals surface area contributed by atoms with E-state index in [2.05, 4.69) is 64.8 Å². The number of anilines is 2. The van der Waals surface area contributed by atoms with Crippen LogP contribution in [-0.4, -0.2) is 30.1 Å². The summed E-state index contributed by atoms with van der Waals surface area (Å²) < 4.78 is 0. The second-order valence-corrected chi connectivity index (χ2v) is 9.78. The number of piperidine rings is 1. The number of para-hydroxylation sites is 2. The van der Waals surface area contributed by atoms with E-state index in [4.69, 9.17) is 0 Å². The molecule has 2 heterocycles. The summed E-state index contributed by atoms with van der Waals surface area (Å²) in [4.78, 5) is 18.3. The van der Waals surface area contributed by atoms with Crippen molar-refractivity contribution in [2.45, 2.75) is 30.8 Å². The fourth-order valence-electron chi connectivity index (χ4n) is 5.99. The van der Waals surface area contributed by atoms with Crippen molar-refractivity contribution in [3.8, 4) is 0 Å². The number of carbonyl (C=O) groups excluding carboxylic acids is 1. The Labute approximate surface area is 213 Å². The highest BCUT2D eigenvalue weighted by Gasteiger charge is 2.40. The lowest BCUT2D eigenvalue weighted by Crippen LogP contribution is -2.52. The van der Waals surface area contributed by atoms with E-state index in [1.807, 2.05) is 65.6 Å². The standard InChI is InChI=1S/C32H31N3O/c36-32(33-25-14-6-2-7-15-25)35(26-16-8-3-9-17-26)27-20-21-34-23-30(24-12-4-1-5-13-24)28-18-10-11-19-29(28)31(34)22-27/h1-19,27,30-31H,20-23H2,(H,33,36)/t27-,30+,31+/m0/s1. The van der Waals surface area contributed by atoms with Crippen LogP contribution in [0.4, 0.5) is 16.2 Å². The first-order valence-corrected chi connectivity index (χ1v) is 12.9. The molecule has 2 amide bonds. The first kappa shape index (κ1) is 22.6. The molecular formula is C32H31N3O. The van der Waals surface area contributed by atoms with Crippen molar-refractivity contribution in [2.75, 3.05) is 23.3 Å². The molecule has 4 aromatic carbocycles. The number of nitrogens with one attached hydrogen (secondary N) is 1. The molecule has 4 aromatic rings. The van der Waals surface area contributed by atoms with Crippen LogP contribution in [0, 0.1) is 0 Å². The van der Waals surface area contributed by atoms with E-state index < -0.39 is 0 Å². The van der Waals surface area contributed by atoms with Crippen molar-refractivity contribution >= 4 is 17.4 Å². The zero-order chi connectivity index (χ0) is 24.3. The Morgan fingerprint density at radius 3 is 2.08 bits per heavy atom. The molecule has 6 rings (SSSR count). The van der Waals surface area contributed by atoms with Crippen LogP contribution in [0.15, 0.2) is 115 Å². The monoisotopic (exact) mass is 473 g/mol. The average molecular weight is 474 g/mol. The van der Waals surface area contributed by atoms with Gasteiger partial charge in [-0.3, -0.25) is 9.80 Å². The Bertz CT molecular complexity index is 1310. The number of nitrogens with zero attached hydrogens (tertiary/aromatic N) is 2. The molecule has 4 heteroatoms. The summed E-state index contributed by atoms with van der Waals surface area (Å²) in [7, 11) is 0. The van der Waals surface area contributed by atoms with Crippen molar-refractivity contribution in [1.29, 1.82) is 0 Å². The minimum atomic E-state index is -0.0721. The van der Waals surface area contributed by atoms with Crippen molar-refractivity contribution in [3.05, 3.63) is 132 Å². The smallest absolute Gasteiger partial charge is 0.308 e. The number of amides is 2. The van der Waals surface area contributed by atoms with Gasteiger partial charge in [0.05, 0.1) is 0 Å². The SMILES string of the molecule is O=C(Nc1ccccc1)N(c1ccccc1)[C@H]1CCN2C[C@H](c3ccccc3)c3ccccc3[C@H]2C1. The van der Waals surface area contributed by atoms with Crippen LogP contribution in [0.2, 0.25) is 0 Å². The van der Waals surface area contributed by atoms with Crippen LogP contribution in [0.3, 0.4) is 0 Å². The van der Waals surface area contributed by atoms with Gasteiger partial charge in [-0.15, -0.1) is 0 Å². The molecule has 36 heavy (non-hydrogen) atoms. The minimum absolute atomic E-state index is 0.0721. The second-order valence-electron chi connectivity index (χ2n) is 9.78. The normalized spacial score (nSPS) is 21.2. The third-order valence-corrected chi connectivity index (χ3v) is 7.68. The maximum Gasteiger partial charge on any atom is 0.326 e. The summed E-state index contributed by atoms with van der Waals surface area (Å²) in [6, 6.07) is 39.9. The van der Waals surface area contributed by atoms with Crippen molar-refractivity contribution < 1.29 is 4.79 Å². The molecule has 4 nitrogen and oxygen atoms in total. The molecule has 0 saturated carbocycles. The van der Waals surface area contributed by atoms with Gasteiger partial charge in [0, 0.05) is 42.5 Å². The second kappa shape index (κ2) is 10.00.